The maximum Gasteiger partial charge on any atom is 0.231 e. The lowest BCUT2D eigenvalue weighted by atomic mass is 10.1. The molecule has 0 spiro atoms. The molecule has 2 aromatic rings. The van der Waals surface area contributed by atoms with Crippen molar-refractivity contribution in [3.05, 3.63) is 35.5 Å². The van der Waals surface area contributed by atoms with E-state index in [1.807, 2.05) is 35.9 Å². The van der Waals surface area contributed by atoms with E-state index in [2.05, 4.69) is 0 Å². The van der Waals surface area contributed by atoms with Crippen LogP contribution in [0.1, 0.15) is 16.1 Å². The molecule has 0 atom stereocenters. The number of benzene rings is 1. The second kappa shape index (κ2) is 2.57. The van der Waals surface area contributed by atoms with Gasteiger partial charge in [0.2, 0.25) is 11.6 Å². The number of hydrogen-bond acceptors (Lipinski definition) is 2. The van der Waals surface area contributed by atoms with Gasteiger partial charge in [0.05, 0.1) is 12.0 Å². The quantitative estimate of drug-likeness (QED) is 0.603. The highest BCUT2D eigenvalue weighted by atomic mass is 16.2. The Morgan fingerprint density at radius 2 is 1.93 bits per heavy atom. The monoisotopic (exact) mass is 199 g/mol. The van der Waals surface area contributed by atoms with Crippen molar-refractivity contribution in [1.29, 1.82) is 0 Å². The molecule has 15 heavy (non-hydrogen) atoms. The van der Waals surface area contributed by atoms with Gasteiger partial charge in [-0.25, -0.2) is 0 Å². The van der Waals surface area contributed by atoms with Crippen molar-refractivity contribution in [2.24, 2.45) is 7.05 Å². The number of carbonyl (C=O) groups excluding carboxylic acids is 2. The van der Waals surface area contributed by atoms with E-state index in [1.54, 1.807) is 0 Å². The fourth-order valence-electron chi connectivity index (χ4n) is 2.28. The zero-order valence-electron chi connectivity index (χ0n) is 8.28. The molecule has 0 unspecified atom stereocenters. The van der Waals surface area contributed by atoms with E-state index in [0.29, 0.717) is 5.56 Å². The topological polar surface area (TPSA) is 39.1 Å². The van der Waals surface area contributed by atoms with E-state index in [-0.39, 0.29) is 18.0 Å². The summed E-state index contributed by atoms with van der Waals surface area (Å²) in [7, 11) is 1.90. The number of nitrogens with zero attached hydrogens (tertiary/aromatic N) is 1. The van der Waals surface area contributed by atoms with Crippen molar-refractivity contribution in [3.63, 3.8) is 0 Å². The van der Waals surface area contributed by atoms with Gasteiger partial charge in [0.15, 0.2) is 0 Å². The maximum atomic E-state index is 11.7. The second-order valence-corrected chi connectivity index (χ2v) is 3.83. The average Bonchev–Trinajstić information content (AvgIpc) is 2.68. The van der Waals surface area contributed by atoms with Gasteiger partial charge in [0.25, 0.3) is 0 Å². The lowest BCUT2D eigenvalue weighted by Crippen LogP contribution is -2.07. The Kier molecular flexibility index (Phi) is 1.44. The normalized spacial score (nSPS) is 15.0. The highest BCUT2D eigenvalue weighted by Gasteiger charge is 2.33. The molecular weight excluding hydrogens is 190 g/mol. The fourth-order valence-corrected chi connectivity index (χ4v) is 2.28. The van der Waals surface area contributed by atoms with Crippen LogP contribution in [0.4, 0.5) is 0 Å². The van der Waals surface area contributed by atoms with E-state index in [1.165, 1.54) is 0 Å². The number of rotatable bonds is 0. The molecule has 0 saturated heterocycles. The Labute approximate surface area is 86.3 Å². The third-order valence-corrected chi connectivity index (χ3v) is 3.04. The molecule has 0 saturated carbocycles. The van der Waals surface area contributed by atoms with Gasteiger partial charge in [-0.15, -0.1) is 0 Å². The van der Waals surface area contributed by atoms with Crippen LogP contribution in [0.25, 0.3) is 10.9 Å². The molecule has 3 rings (SSSR count). The van der Waals surface area contributed by atoms with Crippen molar-refractivity contribution in [3.8, 4) is 0 Å². The number of aryl methyl sites for hydroxylation is 1. The van der Waals surface area contributed by atoms with Crippen molar-refractivity contribution in [1.82, 2.24) is 4.57 Å². The number of Topliss-reactive ketones (excluding diaryl/α,β-unsaturated/α-hetero) is 2. The lowest BCUT2D eigenvalue weighted by Gasteiger charge is -1.98. The second-order valence-electron chi connectivity index (χ2n) is 3.83. The molecule has 0 fully saturated rings. The largest absolute Gasteiger partial charge is 0.346 e. The fraction of sp³-hybridized carbons (Fsp3) is 0.167. The molecule has 1 aromatic carbocycles. The minimum absolute atomic E-state index is 0.249. The Bertz CT molecular complexity index is 607. The van der Waals surface area contributed by atoms with Gasteiger partial charge in [-0.3, -0.25) is 9.59 Å². The minimum Gasteiger partial charge on any atom is -0.346 e. The highest BCUT2D eigenvalue weighted by Crippen LogP contribution is 2.30. The summed E-state index contributed by atoms with van der Waals surface area (Å²) in [5.41, 5.74) is 2.48. The molecule has 1 aliphatic carbocycles. The van der Waals surface area contributed by atoms with Crippen LogP contribution < -0.4 is 0 Å². The van der Waals surface area contributed by atoms with Gasteiger partial charge in [0.1, 0.15) is 0 Å². The average molecular weight is 199 g/mol. The summed E-state index contributed by atoms with van der Waals surface area (Å²) in [6, 6.07) is 7.68. The summed E-state index contributed by atoms with van der Waals surface area (Å²) in [6.07, 6.45) is 0.249. The smallest absolute Gasteiger partial charge is 0.231 e. The van der Waals surface area contributed by atoms with Crippen LogP contribution in [0.3, 0.4) is 0 Å². The summed E-state index contributed by atoms with van der Waals surface area (Å²) in [5, 5.41) is 0.894. The predicted molar refractivity (Wildman–Crippen MR) is 56.0 cm³/mol. The van der Waals surface area contributed by atoms with Crippen LogP contribution in [0.15, 0.2) is 24.3 Å². The van der Waals surface area contributed by atoms with Crippen LogP contribution in [-0.4, -0.2) is 16.1 Å². The van der Waals surface area contributed by atoms with Gasteiger partial charge in [-0.2, -0.15) is 0 Å². The molecule has 0 bridgehead atoms. The van der Waals surface area contributed by atoms with Gasteiger partial charge in [-0.1, -0.05) is 18.2 Å². The zero-order valence-corrected chi connectivity index (χ0v) is 8.28. The van der Waals surface area contributed by atoms with E-state index in [4.69, 9.17) is 0 Å². The third kappa shape index (κ3) is 0.897. The molecule has 74 valence electrons. The minimum atomic E-state index is -0.332. The summed E-state index contributed by atoms with van der Waals surface area (Å²) >= 11 is 0. The van der Waals surface area contributed by atoms with Gasteiger partial charge < -0.3 is 4.57 Å². The Morgan fingerprint density at radius 1 is 1.20 bits per heavy atom. The molecular formula is C12H9NO2. The molecule has 0 amide bonds. The molecule has 1 aliphatic rings. The lowest BCUT2D eigenvalue weighted by molar-refractivity contribution is -0.114. The number of fused-ring (bicyclic) bond motifs is 3. The molecule has 1 aromatic heterocycles. The Hall–Kier alpha value is -1.90. The molecule has 0 aliphatic heterocycles. The summed E-state index contributed by atoms with van der Waals surface area (Å²) in [5.74, 6) is -0.622. The number of para-hydroxylation sites is 1. The summed E-state index contributed by atoms with van der Waals surface area (Å²) in [4.78, 5) is 23.0. The zero-order chi connectivity index (χ0) is 10.6. The molecule has 3 heteroatoms. The summed E-state index contributed by atoms with van der Waals surface area (Å²) < 4.78 is 1.94. The standard InChI is InChI=1S/C12H9NO2/c1-13-8-5-3-2-4-7(8)11-9(13)6-10(14)12(11)15/h2-5H,6H2,1H3. The van der Waals surface area contributed by atoms with Crippen LogP contribution in [0.5, 0.6) is 0 Å². The van der Waals surface area contributed by atoms with E-state index < -0.39 is 0 Å². The van der Waals surface area contributed by atoms with Crippen LogP contribution in [-0.2, 0) is 18.3 Å². The number of ketones is 2. The van der Waals surface area contributed by atoms with E-state index in [9.17, 15) is 9.59 Å². The van der Waals surface area contributed by atoms with E-state index >= 15 is 0 Å². The van der Waals surface area contributed by atoms with Crippen LogP contribution in [0, 0.1) is 0 Å². The molecule has 3 nitrogen and oxygen atoms in total. The molecule has 1 heterocycles. The van der Waals surface area contributed by atoms with Gasteiger partial charge in [-0.05, 0) is 6.07 Å². The highest BCUT2D eigenvalue weighted by molar-refractivity contribution is 6.49. The number of aromatic nitrogens is 1. The van der Waals surface area contributed by atoms with Crippen LogP contribution in [0.2, 0.25) is 0 Å². The van der Waals surface area contributed by atoms with Crippen molar-refractivity contribution in [2.45, 2.75) is 6.42 Å². The van der Waals surface area contributed by atoms with Crippen molar-refractivity contribution < 1.29 is 9.59 Å². The number of hydrogen-bond donors (Lipinski definition) is 0. The SMILES string of the molecule is Cn1c2c(c3ccccc31)C(=O)C(=O)C2. The molecule has 0 radical (unpaired) electrons. The van der Waals surface area contributed by atoms with Gasteiger partial charge >= 0.3 is 0 Å². The first-order chi connectivity index (χ1) is 7.20. The number of carbonyl (C=O) groups is 2. The Balaban J connectivity index is 2.49. The van der Waals surface area contributed by atoms with Crippen LogP contribution >= 0.6 is 0 Å². The van der Waals surface area contributed by atoms with Gasteiger partial charge in [0, 0.05) is 23.6 Å². The molecule has 0 N–H and O–H groups in total. The Morgan fingerprint density at radius 3 is 2.73 bits per heavy atom. The van der Waals surface area contributed by atoms with Crippen molar-refractivity contribution in [2.75, 3.05) is 0 Å². The first-order valence-electron chi connectivity index (χ1n) is 4.84. The third-order valence-electron chi connectivity index (χ3n) is 3.04. The first kappa shape index (κ1) is 8.41. The summed E-state index contributed by atoms with van der Waals surface area (Å²) in [6.45, 7) is 0. The van der Waals surface area contributed by atoms with Crippen molar-refractivity contribution >= 4 is 22.5 Å². The maximum absolute atomic E-state index is 11.7. The predicted octanol–water partition coefficient (Wildman–Crippen LogP) is 1.49. The first-order valence-corrected chi connectivity index (χ1v) is 4.84. The van der Waals surface area contributed by atoms with E-state index in [0.717, 1.165) is 16.6 Å².